The molecule has 1 aromatic heterocycles. The van der Waals surface area contributed by atoms with E-state index in [0.29, 0.717) is 19.4 Å². The average Bonchev–Trinajstić information content (AvgIpc) is 2.91. The number of rotatable bonds is 8. The van der Waals surface area contributed by atoms with Crippen molar-refractivity contribution in [2.45, 2.75) is 32.2 Å². The maximum atomic E-state index is 10.5. The smallest absolute Gasteiger partial charge is 0.303 e. The summed E-state index contributed by atoms with van der Waals surface area (Å²) in [7, 11) is 1.63. The van der Waals surface area contributed by atoms with Gasteiger partial charge in [-0.25, -0.2) is 4.68 Å². The summed E-state index contributed by atoms with van der Waals surface area (Å²) in [6, 6.07) is 7.75. The number of benzene rings is 1. The Labute approximate surface area is 122 Å². The predicted molar refractivity (Wildman–Crippen MR) is 75.1 cm³/mol. The van der Waals surface area contributed by atoms with Gasteiger partial charge in [0.1, 0.15) is 5.75 Å². The molecule has 0 fully saturated rings. The summed E-state index contributed by atoms with van der Waals surface area (Å²) < 4.78 is 6.85. The van der Waals surface area contributed by atoms with E-state index in [2.05, 4.69) is 15.5 Å². The van der Waals surface area contributed by atoms with E-state index in [1.165, 1.54) is 0 Å². The van der Waals surface area contributed by atoms with Gasteiger partial charge < -0.3 is 9.84 Å². The highest BCUT2D eigenvalue weighted by Gasteiger charge is 2.07. The Morgan fingerprint density at radius 1 is 1.29 bits per heavy atom. The third-order valence-corrected chi connectivity index (χ3v) is 3.14. The second kappa shape index (κ2) is 7.37. The van der Waals surface area contributed by atoms with Crippen LogP contribution in [-0.2, 0) is 17.8 Å². The largest absolute Gasteiger partial charge is 0.497 e. The van der Waals surface area contributed by atoms with Crippen molar-refractivity contribution >= 4 is 5.97 Å². The Kier molecular flexibility index (Phi) is 5.25. The Morgan fingerprint density at radius 2 is 2.05 bits per heavy atom. The van der Waals surface area contributed by atoms with Crippen LogP contribution in [-0.4, -0.2) is 38.4 Å². The molecular weight excluding hydrogens is 272 g/mol. The molecule has 1 aromatic carbocycles. The number of ether oxygens (including phenoxy) is 1. The lowest BCUT2D eigenvalue weighted by atomic mass is 10.1. The number of carboxylic acid groups (broad SMARTS) is 1. The second-order valence-electron chi connectivity index (χ2n) is 4.69. The molecule has 21 heavy (non-hydrogen) atoms. The van der Waals surface area contributed by atoms with Crippen LogP contribution in [0, 0.1) is 0 Å². The Balaban J connectivity index is 1.91. The monoisotopic (exact) mass is 290 g/mol. The number of methoxy groups -OCH3 is 1. The van der Waals surface area contributed by atoms with E-state index in [4.69, 9.17) is 9.84 Å². The molecule has 0 amide bonds. The van der Waals surface area contributed by atoms with Gasteiger partial charge in [0.2, 0.25) is 0 Å². The lowest BCUT2D eigenvalue weighted by Crippen LogP contribution is -2.07. The van der Waals surface area contributed by atoms with Gasteiger partial charge in [-0.3, -0.25) is 4.79 Å². The van der Waals surface area contributed by atoms with E-state index in [1.54, 1.807) is 11.8 Å². The van der Waals surface area contributed by atoms with Gasteiger partial charge in [0, 0.05) is 19.4 Å². The molecule has 2 rings (SSSR count). The average molecular weight is 290 g/mol. The molecule has 112 valence electrons. The Bertz CT molecular complexity index is 580. The van der Waals surface area contributed by atoms with Crippen LogP contribution < -0.4 is 4.74 Å². The van der Waals surface area contributed by atoms with Gasteiger partial charge in [0.15, 0.2) is 5.82 Å². The molecule has 0 radical (unpaired) electrons. The first-order valence-electron chi connectivity index (χ1n) is 6.79. The zero-order valence-corrected chi connectivity index (χ0v) is 11.9. The standard InChI is InChI=1S/C14H18N4O3/c1-21-12-7-5-11(6-8-12)10-13-15-16-17-18(13)9-3-2-4-14(19)20/h5-8H,2-4,9-10H2,1H3,(H,19,20). The van der Waals surface area contributed by atoms with Crippen LogP contribution in [0.1, 0.15) is 30.7 Å². The van der Waals surface area contributed by atoms with E-state index < -0.39 is 5.97 Å². The molecule has 0 aliphatic heterocycles. The molecule has 0 unspecified atom stereocenters. The topological polar surface area (TPSA) is 90.1 Å². The van der Waals surface area contributed by atoms with Gasteiger partial charge in [-0.05, 0) is 41.0 Å². The minimum Gasteiger partial charge on any atom is -0.497 e. The number of aromatic nitrogens is 4. The Morgan fingerprint density at radius 3 is 2.71 bits per heavy atom. The van der Waals surface area contributed by atoms with Gasteiger partial charge in [-0.2, -0.15) is 0 Å². The number of aliphatic carboxylic acids is 1. The van der Waals surface area contributed by atoms with Crippen LogP contribution in [0.2, 0.25) is 0 Å². The SMILES string of the molecule is COc1ccc(Cc2nnnn2CCCCC(=O)O)cc1. The number of carbonyl (C=O) groups is 1. The number of tetrazole rings is 1. The lowest BCUT2D eigenvalue weighted by Gasteiger charge is -2.05. The minimum absolute atomic E-state index is 0.177. The summed E-state index contributed by atoms with van der Waals surface area (Å²) >= 11 is 0. The van der Waals surface area contributed by atoms with Crippen molar-refractivity contribution < 1.29 is 14.6 Å². The van der Waals surface area contributed by atoms with Crippen LogP contribution in [0.5, 0.6) is 5.75 Å². The second-order valence-corrected chi connectivity index (χ2v) is 4.69. The van der Waals surface area contributed by atoms with Crippen molar-refractivity contribution in [1.29, 1.82) is 0 Å². The Hall–Kier alpha value is -2.44. The van der Waals surface area contributed by atoms with Crippen LogP contribution in [0.25, 0.3) is 0 Å². The third kappa shape index (κ3) is 4.55. The van der Waals surface area contributed by atoms with Crippen LogP contribution in [0.4, 0.5) is 0 Å². The summed E-state index contributed by atoms with van der Waals surface area (Å²) in [5.74, 6) is 0.813. The summed E-state index contributed by atoms with van der Waals surface area (Å²) in [5, 5.41) is 20.3. The summed E-state index contributed by atoms with van der Waals surface area (Å²) in [5.41, 5.74) is 1.09. The fourth-order valence-corrected chi connectivity index (χ4v) is 1.99. The normalized spacial score (nSPS) is 10.5. The van der Waals surface area contributed by atoms with E-state index in [0.717, 1.165) is 23.6 Å². The third-order valence-electron chi connectivity index (χ3n) is 3.14. The molecule has 0 spiro atoms. The van der Waals surface area contributed by atoms with Crippen molar-refractivity contribution in [3.05, 3.63) is 35.7 Å². The molecule has 1 N–H and O–H groups in total. The van der Waals surface area contributed by atoms with Gasteiger partial charge in [0.25, 0.3) is 0 Å². The molecule has 0 saturated heterocycles. The first-order chi connectivity index (χ1) is 10.2. The number of hydrogen-bond donors (Lipinski definition) is 1. The predicted octanol–water partition coefficient (Wildman–Crippen LogP) is 1.53. The fourth-order valence-electron chi connectivity index (χ4n) is 1.99. The summed E-state index contributed by atoms with van der Waals surface area (Å²) in [6.45, 7) is 0.631. The number of carboxylic acids is 1. The molecule has 0 aliphatic carbocycles. The molecular formula is C14H18N4O3. The molecule has 7 heteroatoms. The minimum atomic E-state index is -0.773. The van der Waals surface area contributed by atoms with Crippen molar-refractivity contribution in [2.75, 3.05) is 7.11 Å². The number of aryl methyl sites for hydroxylation is 1. The highest BCUT2D eigenvalue weighted by atomic mass is 16.5. The van der Waals surface area contributed by atoms with E-state index in [1.807, 2.05) is 24.3 Å². The maximum Gasteiger partial charge on any atom is 0.303 e. The van der Waals surface area contributed by atoms with E-state index in [-0.39, 0.29) is 6.42 Å². The van der Waals surface area contributed by atoms with Gasteiger partial charge in [0.05, 0.1) is 7.11 Å². The lowest BCUT2D eigenvalue weighted by molar-refractivity contribution is -0.137. The first-order valence-corrected chi connectivity index (χ1v) is 6.79. The van der Waals surface area contributed by atoms with E-state index >= 15 is 0 Å². The van der Waals surface area contributed by atoms with Crippen molar-refractivity contribution in [3.63, 3.8) is 0 Å². The number of nitrogens with zero attached hydrogens (tertiary/aromatic N) is 4. The molecule has 0 atom stereocenters. The van der Waals surface area contributed by atoms with Gasteiger partial charge >= 0.3 is 5.97 Å². The number of hydrogen-bond acceptors (Lipinski definition) is 5. The summed E-state index contributed by atoms with van der Waals surface area (Å²) in [6.07, 6.45) is 2.18. The van der Waals surface area contributed by atoms with Crippen LogP contribution in [0.3, 0.4) is 0 Å². The van der Waals surface area contributed by atoms with Crippen molar-refractivity contribution in [2.24, 2.45) is 0 Å². The van der Waals surface area contributed by atoms with E-state index in [9.17, 15) is 4.79 Å². The highest BCUT2D eigenvalue weighted by Crippen LogP contribution is 2.13. The van der Waals surface area contributed by atoms with Crippen LogP contribution >= 0.6 is 0 Å². The van der Waals surface area contributed by atoms with Gasteiger partial charge in [-0.1, -0.05) is 12.1 Å². The number of unbranched alkanes of at least 4 members (excludes halogenated alkanes) is 1. The fraction of sp³-hybridized carbons (Fsp3) is 0.429. The summed E-state index contributed by atoms with van der Waals surface area (Å²) in [4.78, 5) is 10.5. The highest BCUT2D eigenvalue weighted by molar-refractivity contribution is 5.66. The van der Waals surface area contributed by atoms with Crippen molar-refractivity contribution in [3.8, 4) is 5.75 Å². The first kappa shape index (κ1) is 15.0. The molecule has 0 bridgehead atoms. The quantitative estimate of drug-likeness (QED) is 0.741. The zero-order chi connectivity index (χ0) is 15.1. The maximum absolute atomic E-state index is 10.5. The van der Waals surface area contributed by atoms with Gasteiger partial charge in [-0.15, -0.1) is 5.10 Å². The molecule has 2 aromatic rings. The molecule has 1 heterocycles. The molecule has 7 nitrogen and oxygen atoms in total. The van der Waals surface area contributed by atoms with Crippen LogP contribution in [0.15, 0.2) is 24.3 Å². The zero-order valence-electron chi connectivity index (χ0n) is 11.9. The van der Waals surface area contributed by atoms with Crippen molar-refractivity contribution in [1.82, 2.24) is 20.2 Å². The molecule has 0 saturated carbocycles. The molecule has 0 aliphatic rings.